The molecule has 0 aliphatic heterocycles. The predicted octanol–water partition coefficient (Wildman–Crippen LogP) is 4.37. The van der Waals surface area contributed by atoms with Crippen molar-refractivity contribution >= 4 is 11.8 Å². The number of carbonyl (C=O) groups is 2. The minimum Gasteiger partial charge on any atom is -0.355 e. The summed E-state index contributed by atoms with van der Waals surface area (Å²) in [5.74, 6) is -1.06. The van der Waals surface area contributed by atoms with Crippen LogP contribution >= 0.6 is 0 Å². The Bertz CT molecular complexity index is 532. The molecule has 0 spiro atoms. The number of rotatable bonds is 14. The lowest BCUT2D eigenvalue weighted by Gasteiger charge is -2.18. The van der Waals surface area contributed by atoms with Gasteiger partial charge in [-0.25, -0.2) is 5.48 Å². The van der Waals surface area contributed by atoms with Crippen molar-refractivity contribution in [2.24, 2.45) is 11.8 Å². The third-order valence-electron chi connectivity index (χ3n) is 4.42. The Morgan fingerprint density at radius 1 is 0.963 bits per heavy atom. The lowest BCUT2D eigenvalue weighted by molar-refractivity contribution is -0.145. The van der Waals surface area contributed by atoms with E-state index in [0.29, 0.717) is 13.0 Å². The summed E-state index contributed by atoms with van der Waals surface area (Å²) < 4.78 is 0. The SMILES string of the molecule is CCCCCCCCNC(=O)C(CC(C)C)C(=O)NOCc1ccccc1. The van der Waals surface area contributed by atoms with Crippen LogP contribution in [0.2, 0.25) is 0 Å². The Morgan fingerprint density at radius 3 is 2.30 bits per heavy atom. The van der Waals surface area contributed by atoms with E-state index in [2.05, 4.69) is 17.7 Å². The van der Waals surface area contributed by atoms with E-state index in [9.17, 15) is 9.59 Å². The van der Waals surface area contributed by atoms with Gasteiger partial charge in [-0.1, -0.05) is 83.2 Å². The molecule has 0 saturated carbocycles. The van der Waals surface area contributed by atoms with Crippen molar-refractivity contribution < 1.29 is 14.4 Å². The van der Waals surface area contributed by atoms with Crippen LogP contribution in [0, 0.1) is 11.8 Å². The number of nitrogens with one attached hydrogen (secondary N) is 2. The summed E-state index contributed by atoms with van der Waals surface area (Å²) >= 11 is 0. The second kappa shape index (κ2) is 14.2. The van der Waals surface area contributed by atoms with Gasteiger partial charge in [0.25, 0.3) is 5.91 Å². The van der Waals surface area contributed by atoms with Gasteiger partial charge in [-0.3, -0.25) is 14.4 Å². The minimum absolute atomic E-state index is 0.210. The fourth-order valence-electron chi connectivity index (χ4n) is 2.88. The first-order valence-corrected chi connectivity index (χ1v) is 10.3. The van der Waals surface area contributed by atoms with Crippen molar-refractivity contribution in [3.63, 3.8) is 0 Å². The Labute approximate surface area is 164 Å². The number of amides is 2. The molecule has 0 fully saturated rings. The molecule has 0 aliphatic rings. The summed E-state index contributed by atoms with van der Waals surface area (Å²) in [5, 5.41) is 2.91. The van der Waals surface area contributed by atoms with Crippen molar-refractivity contribution in [2.45, 2.75) is 72.3 Å². The van der Waals surface area contributed by atoms with Gasteiger partial charge in [0, 0.05) is 6.54 Å². The van der Waals surface area contributed by atoms with Crippen LogP contribution in [-0.2, 0) is 21.0 Å². The number of carbonyl (C=O) groups excluding carboxylic acids is 2. The van der Waals surface area contributed by atoms with Gasteiger partial charge in [0.05, 0.1) is 6.61 Å². The zero-order valence-corrected chi connectivity index (χ0v) is 17.1. The standard InChI is InChI=1S/C22H36N2O3/c1-4-5-6-7-8-12-15-23-21(25)20(16-18(2)3)22(26)24-27-17-19-13-10-9-11-14-19/h9-11,13-14,18,20H,4-8,12,15-17H2,1-3H3,(H,23,25)(H,24,26). The maximum absolute atomic E-state index is 12.5. The van der Waals surface area contributed by atoms with Crippen molar-refractivity contribution in [2.75, 3.05) is 6.54 Å². The van der Waals surface area contributed by atoms with E-state index in [-0.39, 0.29) is 24.3 Å². The second-order valence-electron chi connectivity index (χ2n) is 7.48. The quantitative estimate of drug-likeness (QED) is 0.288. The number of unbranched alkanes of at least 4 members (excludes halogenated alkanes) is 5. The number of benzene rings is 1. The lowest BCUT2D eigenvalue weighted by Crippen LogP contribution is -2.42. The van der Waals surface area contributed by atoms with Crippen LogP contribution < -0.4 is 10.8 Å². The molecule has 1 aromatic carbocycles. The van der Waals surface area contributed by atoms with E-state index in [0.717, 1.165) is 18.4 Å². The van der Waals surface area contributed by atoms with Crippen molar-refractivity contribution in [3.05, 3.63) is 35.9 Å². The van der Waals surface area contributed by atoms with Gasteiger partial charge < -0.3 is 5.32 Å². The summed E-state index contributed by atoms with van der Waals surface area (Å²) in [6.45, 7) is 7.11. The number of hydrogen-bond donors (Lipinski definition) is 2. The molecule has 5 nitrogen and oxygen atoms in total. The summed E-state index contributed by atoms with van der Waals surface area (Å²) in [6, 6.07) is 9.60. The molecule has 2 amide bonds. The maximum Gasteiger partial charge on any atom is 0.256 e. The molecule has 0 heterocycles. The molecule has 0 bridgehead atoms. The summed E-state index contributed by atoms with van der Waals surface area (Å²) in [5.41, 5.74) is 3.41. The lowest BCUT2D eigenvalue weighted by atomic mass is 9.95. The number of hydroxylamine groups is 1. The van der Waals surface area contributed by atoms with Gasteiger partial charge in [-0.15, -0.1) is 0 Å². The van der Waals surface area contributed by atoms with Gasteiger partial charge >= 0.3 is 0 Å². The van der Waals surface area contributed by atoms with Crippen LogP contribution in [0.5, 0.6) is 0 Å². The Balaban J connectivity index is 2.36. The highest BCUT2D eigenvalue weighted by Crippen LogP contribution is 2.13. The van der Waals surface area contributed by atoms with Crippen molar-refractivity contribution in [1.82, 2.24) is 10.8 Å². The Morgan fingerprint density at radius 2 is 1.63 bits per heavy atom. The molecule has 0 saturated heterocycles. The largest absolute Gasteiger partial charge is 0.355 e. The summed E-state index contributed by atoms with van der Waals surface area (Å²) in [7, 11) is 0. The predicted molar refractivity (Wildman–Crippen MR) is 109 cm³/mol. The smallest absolute Gasteiger partial charge is 0.256 e. The van der Waals surface area contributed by atoms with Crippen LogP contribution in [0.4, 0.5) is 0 Å². The maximum atomic E-state index is 12.5. The van der Waals surface area contributed by atoms with Gasteiger partial charge in [-0.05, 0) is 24.3 Å². The first-order chi connectivity index (χ1) is 13.0. The highest BCUT2D eigenvalue weighted by molar-refractivity contribution is 5.99. The van der Waals surface area contributed by atoms with Gasteiger partial charge in [0.1, 0.15) is 5.92 Å². The fraction of sp³-hybridized carbons (Fsp3) is 0.636. The van der Waals surface area contributed by atoms with Crippen LogP contribution in [0.3, 0.4) is 0 Å². The van der Waals surface area contributed by atoms with Gasteiger partial charge in [0.2, 0.25) is 5.91 Å². The van der Waals surface area contributed by atoms with Crippen LogP contribution in [0.25, 0.3) is 0 Å². The van der Waals surface area contributed by atoms with Crippen LogP contribution in [0.15, 0.2) is 30.3 Å². The summed E-state index contributed by atoms with van der Waals surface area (Å²) in [4.78, 5) is 30.2. The average Bonchev–Trinajstić information content (AvgIpc) is 2.65. The normalized spacial score (nSPS) is 12.0. The molecule has 27 heavy (non-hydrogen) atoms. The van der Waals surface area contributed by atoms with E-state index in [1.54, 1.807) is 0 Å². The highest BCUT2D eigenvalue weighted by atomic mass is 16.6. The van der Waals surface area contributed by atoms with Gasteiger partial charge in [-0.2, -0.15) is 0 Å². The van der Waals surface area contributed by atoms with Crippen LogP contribution in [-0.4, -0.2) is 18.4 Å². The molecule has 0 aromatic heterocycles. The highest BCUT2D eigenvalue weighted by Gasteiger charge is 2.27. The Kier molecular flexibility index (Phi) is 12.2. The molecule has 5 heteroatoms. The molecule has 1 aromatic rings. The number of hydrogen-bond acceptors (Lipinski definition) is 3. The molecule has 0 radical (unpaired) electrons. The molecule has 1 unspecified atom stereocenters. The van der Waals surface area contributed by atoms with E-state index in [1.807, 2.05) is 44.2 Å². The molecule has 1 rings (SSSR count). The third-order valence-corrected chi connectivity index (χ3v) is 4.42. The van der Waals surface area contributed by atoms with E-state index >= 15 is 0 Å². The second-order valence-corrected chi connectivity index (χ2v) is 7.48. The first kappa shape index (κ1) is 23.2. The molecular formula is C22H36N2O3. The van der Waals surface area contributed by atoms with E-state index in [4.69, 9.17) is 4.84 Å². The van der Waals surface area contributed by atoms with Crippen molar-refractivity contribution in [1.29, 1.82) is 0 Å². The zero-order valence-electron chi connectivity index (χ0n) is 17.1. The zero-order chi connectivity index (χ0) is 19.9. The third kappa shape index (κ3) is 10.8. The topological polar surface area (TPSA) is 67.4 Å². The monoisotopic (exact) mass is 376 g/mol. The van der Waals surface area contributed by atoms with Crippen LogP contribution in [0.1, 0.15) is 71.3 Å². The van der Waals surface area contributed by atoms with E-state index < -0.39 is 5.92 Å². The molecule has 0 aliphatic carbocycles. The fourth-order valence-corrected chi connectivity index (χ4v) is 2.88. The van der Waals surface area contributed by atoms with Crippen molar-refractivity contribution in [3.8, 4) is 0 Å². The Hall–Kier alpha value is -1.88. The van der Waals surface area contributed by atoms with E-state index in [1.165, 1.54) is 25.7 Å². The molecular weight excluding hydrogens is 340 g/mol. The molecule has 1 atom stereocenters. The molecule has 2 N–H and O–H groups in total. The minimum atomic E-state index is -0.721. The average molecular weight is 377 g/mol. The molecule has 152 valence electrons. The first-order valence-electron chi connectivity index (χ1n) is 10.3. The summed E-state index contributed by atoms with van der Waals surface area (Å²) in [6.07, 6.45) is 7.52. The van der Waals surface area contributed by atoms with Gasteiger partial charge in [0.15, 0.2) is 0 Å².